The molecule has 5 nitrogen and oxygen atoms in total. The third kappa shape index (κ3) is 5.96. The number of nitrogens with one attached hydrogen (secondary N) is 1. The van der Waals surface area contributed by atoms with E-state index in [1.807, 2.05) is 44.2 Å². The van der Waals surface area contributed by atoms with E-state index in [2.05, 4.69) is 5.32 Å². The van der Waals surface area contributed by atoms with Gasteiger partial charge < -0.3 is 20.0 Å². The van der Waals surface area contributed by atoms with Gasteiger partial charge in [0.2, 0.25) is 5.91 Å². The Morgan fingerprint density at radius 2 is 2.04 bits per heavy atom. The summed E-state index contributed by atoms with van der Waals surface area (Å²) in [4.78, 5) is 23.3. The third-order valence-electron chi connectivity index (χ3n) is 4.52. The van der Waals surface area contributed by atoms with Gasteiger partial charge in [-0.25, -0.2) is 0 Å². The van der Waals surface area contributed by atoms with E-state index < -0.39 is 12.0 Å². The second-order valence-electron chi connectivity index (χ2n) is 7.10. The van der Waals surface area contributed by atoms with Gasteiger partial charge >= 0.3 is 0 Å². The second-order valence-corrected chi connectivity index (χ2v) is 7.10. The van der Waals surface area contributed by atoms with Crippen molar-refractivity contribution in [3.63, 3.8) is 0 Å². The number of carboxylic acids is 1. The summed E-state index contributed by atoms with van der Waals surface area (Å²) in [5.41, 5.74) is 0.804. The van der Waals surface area contributed by atoms with E-state index in [1.165, 1.54) is 0 Å². The Hall–Kier alpha value is -1.88. The number of aliphatic carboxylic acids is 1. The molecule has 0 radical (unpaired) electrons. The Balaban J connectivity index is 1.92. The summed E-state index contributed by atoms with van der Waals surface area (Å²) in [6.45, 7) is 4.57. The van der Waals surface area contributed by atoms with Gasteiger partial charge in [0.05, 0.1) is 5.60 Å². The van der Waals surface area contributed by atoms with Gasteiger partial charge in [-0.1, -0.05) is 30.3 Å². The number of amides is 1. The number of carbonyl (C=O) groups is 2. The number of hydrogen-bond acceptors (Lipinski definition) is 4. The zero-order chi connectivity index (χ0) is 17.6. The van der Waals surface area contributed by atoms with Crippen LogP contribution in [0.3, 0.4) is 0 Å². The molecule has 24 heavy (non-hydrogen) atoms. The Kier molecular flexibility index (Phi) is 6.37. The summed E-state index contributed by atoms with van der Waals surface area (Å²) in [6, 6.07) is 9.38. The van der Waals surface area contributed by atoms with Crippen LogP contribution in [0.25, 0.3) is 0 Å². The largest absolute Gasteiger partial charge is 0.550 e. The zero-order valence-corrected chi connectivity index (χ0v) is 14.4. The maximum absolute atomic E-state index is 12.3. The Bertz CT molecular complexity index is 556. The molecule has 1 amide bonds. The predicted octanol–water partition coefficient (Wildman–Crippen LogP) is 1.45. The van der Waals surface area contributed by atoms with Gasteiger partial charge in [-0.2, -0.15) is 0 Å². The van der Waals surface area contributed by atoms with Gasteiger partial charge in [-0.05, 0) is 44.6 Å². The van der Waals surface area contributed by atoms with Gasteiger partial charge in [-0.3, -0.25) is 4.79 Å². The lowest BCUT2D eigenvalue weighted by atomic mass is 9.82. The van der Waals surface area contributed by atoms with Crippen LogP contribution in [-0.4, -0.2) is 30.1 Å². The number of rotatable bonds is 7. The molecule has 0 aliphatic carbocycles. The van der Waals surface area contributed by atoms with E-state index in [1.54, 1.807) is 0 Å². The third-order valence-corrected chi connectivity index (χ3v) is 4.52. The minimum Gasteiger partial charge on any atom is -0.550 e. The lowest BCUT2D eigenvalue weighted by molar-refractivity contribution is -0.306. The van der Waals surface area contributed by atoms with E-state index in [0.717, 1.165) is 18.4 Å². The van der Waals surface area contributed by atoms with Crippen LogP contribution in [0, 0.1) is 5.92 Å². The highest BCUT2D eigenvalue weighted by molar-refractivity contribution is 5.77. The number of carbonyl (C=O) groups excluding carboxylic acids is 2. The number of carboxylic acid groups (broad SMARTS) is 1. The number of hydrogen-bond donors (Lipinski definition) is 1. The van der Waals surface area contributed by atoms with Crippen LogP contribution in [-0.2, 0) is 20.7 Å². The Labute approximate surface area is 143 Å². The van der Waals surface area contributed by atoms with Crippen LogP contribution in [0.1, 0.15) is 45.1 Å². The first kappa shape index (κ1) is 18.5. The molecule has 1 saturated heterocycles. The molecule has 0 bridgehead atoms. The van der Waals surface area contributed by atoms with Crippen molar-refractivity contribution < 1.29 is 19.4 Å². The van der Waals surface area contributed by atoms with Crippen molar-refractivity contribution in [1.29, 1.82) is 0 Å². The molecule has 0 saturated carbocycles. The number of aryl methyl sites for hydroxylation is 1. The lowest BCUT2D eigenvalue weighted by Crippen LogP contribution is -2.48. The van der Waals surface area contributed by atoms with Crippen molar-refractivity contribution in [2.45, 2.75) is 57.6 Å². The molecule has 1 aliphatic heterocycles. The first-order valence-electron chi connectivity index (χ1n) is 8.53. The van der Waals surface area contributed by atoms with Crippen molar-refractivity contribution >= 4 is 11.9 Å². The van der Waals surface area contributed by atoms with Gasteiger partial charge in [-0.15, -0.1) is 0 Å². The molecule has 1 aliphatic rings. The van der Waals surface area contributed by atoms with Crippen molar-refractivity contribution in [3.05, 3.63) is 35.9 Å². The van der Waals surface area contributed by atoms with Gasteiger partial charge in [0.25, 0.3) is 0 Å². The van der Waals surface area contributed by atoms with Crippen LogP contribution < -0.4 is 10.4 Å². The first-order valence-corrected chi connectivity index (χ1v) is 8.53. The molecule has 1 heterocycles. The van der Waals surface area contributed by atoms with Crippen LogP contribution >= 0.6 is 0 Å². The summed E-state index contributed by atoms with van der Waals surface area (Å²) in [5, 5.41) is 14.0. The second kappa shape index (κ2) is 8.29. The summed E-state index contributed by atoms with van der Waals surface area (Å²) in [6.07, 6.45) is 2.31. The van der Waals surface area contributed by atoms with Crippen molar-refractivity contribution in [2.24, 2.45) is 5.92 Å². The highest BCUT2D eigenvalue weighted by Crippen LogP contribution is 2.31. The summed E-state index contributed by atoms with van der Waals surface area (Å²) in [7, 11) is 0. The number of ether oxygens (including phenoxy) is 1. The normalized spacial score (nSPS) is 21.0. The van der Waals surface area contributed by atoms with Gasteiger partial charge in [0.15, 0.2) is 0 Å². The van der Waals surface area contributed by atoms with Crippen LogP contribution in [0.15, 0.2) is 30.3 Å². The molecule has 1 fully saturated rings. The monoisotopic (exact) mass is 332 g/mol. The molecule has 0 unspecified atom stereocenters. The average molecular weight is 332 g/mol. The molecule has 1 aromatic carbocycles. The fourth-order valence-corrected chi connectivity index (χ4v) is 3.32. The fourth-order valence-electron chi connectivity index (χ4n) is 3.32. The molecular formula is C19H26NO4-. The Morgan fingerprint density at radius 3 is 2.67 bits per heavy atom. The molecule has 0 aromatic heterocycles. The maximum Gasteiger partial charge on any atom is 0.220 e. The molecular weight excluding hydrogens is 306 g/mol. The van der Waals surface area contributed by atoms with Crippen molar-refractivity contribution in [2.75, 3.05) is 6.61 Å². The fraction of sp³-hybridized carbons (Fsp3) is 0.579. The molecule has 132 valence electrons. The SMILES string of the molecule is CC1(C)C[C@H]([C@@H](CC(=O)[O-])NC(=O)CCc2ccccc2)CCO1. The van der Waals surface area contributed by atoms with Crippen LogP contribution in [0.5, 0.6) is 0 Å². The maximum atomic E-state index is 12.3. The zero-order valence-electron chi connectivity index (χ0n) is 14.4. The summed E-state index contributed by atoms with van der Waals surface area (Å²) >= 11 is 0. The number of benzene rings is 1. The molecule has 1 aromatic rings. The highest BCUT2D eigenvalue weighted by Gasteiger charge is 2.34. The van der Waals surface area contributed by atoms with Gasteiger partial charge in [0, 0.05) is 31.5 Å². The predicted molar refractivity (Wildman–Crippen MR) is 89.1 cm³/mol. The van der Waals surface area contributed by atoms with Crippen molar-refractivity contribution in [1.82, 2.24) is 5.32 Å². The molecule has 0 spiro atoms. The molecule has 1 N–H and O–H groups in total. The molecule has 2 atom stereocenters. The van der Waals surface area contributed by atoms with E-state index in [9.17, 15) is 14.7 Å². The van der Waals surface area contributed by atoms with Crippen LogP contribution in [0.4, 0.5) is 0 Å². The minimum atomic E-state index is -1.13. The summed E-state index contributed by atoms with van der Waals surface area (Å²) < 4.78 is 5.69. The smallest absolute Gasteiger partial charge is 0.220 e. The first-order chi connectivity index (χ1) is 11.4. The topological polar surface area (TPSA) is 78.5 Å². The van der Waals surface area contributed by atoms with Crippen molar-refractivity contribution in [3.8, 4) is 0 Å². The highest BCUT2D eigenvalue weighted by atomic mass is 16.5. The van der Waals surface area contributed by atoms with E-state index in [-0.39, 0.29) is 23.8 Å². The molecule has 2 rings (SSSR count). The average Bonchev–Trinajstić information content (AvgIpc) is 2.52. The standard InChI is InChI=1S/C19H27NO4/c1-19(2)13-15(10-11-24-19)16(12-18(22)23)20-17(21)9-8-14-6-4-3-5-7-14/h3-7,15-16H,8-13H2,1-2H3,(H,20,21)(H,22,23)/p-1/t15-,16-/m1/s1. The van der Waals surface area contributed by atoms with E-state index in [4.69, 9.17) is 4.74 Å². The van der Waals surface area contributed by atoms with E-state index >= 15 is 0 Å². The molecule has 5 heteroatoms. The van der Waals surface area contributed by atoms with Gasteiger partial charge in [0.1, 0.15) is 0 Å². The van der Waals surface area contributed by atoms with E-state index in [0.29, 0.717) is 19.4 Å². The lowest BCUT2D eigenvalue weighted by Gasteiger charge is -2.39. The quantitative estimate of drug-likeness (QED) is 0.820. The minimum absolute atomic E-state index is 0.0901. The van der Waals surface area contributed by atoms with Crippen LogP contribution in [0.2, 0.25) is 0 Å². The summed E-state index contributed by atoms with van der Waals surface area (Å²) in [5.74, 6) is -1.16. The Morgan fingerprint density at radius 1 is 1.33 bits per heavy atom.